The maximum atomic E-state index is 11.6. The van der Waals surface area contributed by atoms with E-state index in [1.165, 1.54) is 6.08 Å². The summed E-state index contributed by atoms with van der Waals surface area (Å²) >= 11 is 5.84. The van der Waals surface area contributed by atoms with Gasteiger partial charge in [-0.3, -0.25) is 20.4 Å². The van der Waals surface area contributed by atoms with Crippen LogP contribution in [0.1, 0.15) is 11.1 Å². The highest BCUT2D eigenvalue weighted by Crippen LogP contribution is 2.12. The van der Waals surface area contributed by atoms with Gasteiger partial charge in [-0.15, -0.1) is 0 Å². The van der Waals surface area contributed by atoms with Crippen molar-refractivity contribution in [3.8, 4) is 11.8 Å². The smallest absolute Gasteiger partial charge is 0.276 e. The molecule has 2 rings (SSSR count). The van der Waals surface area contributed by atoms with Crippen LogP contribution in [-0.4, -0.2) is 18.4 Å². The SMILES string of the molecule is N#Cc1ccc(OCC(=O)NNC(=O)/C=C/c2cccc(Cl)c2)cc1. The lowest BCUT2D eigenvalue weighted by Crippen LogP contribution is -2.43. The molecule has 2 aromatic rings. The van der Waals surface area contributed by atoms with E-state index in [0.717, 1.165) is 5.56 Å². The molecule has 6 nitrogen and oxygen atoms in total. The number of amides is 2. The average Bonchev–Trinajstić information content (AvgIpc) is 2.63. The molecule has 126 valence electrons. The third kappa shape index (κ3) is 6.37. The number of ether oxygens (including phenoxy) is 1. The number of nitrogens with zero attached hydrogens (tertiary/aromatic N) is 1. The van der Waals surface area contributed by atoms with Gasteiger partial charge in [-0.2, -0.15) is 5.26 Å². The minimum absolute atomic E-state index is 0.274. The number of hydrogen-bond acceptors (Lipinski definition) is 4. The predicted molar refractivity (Wildman–Crippen MR) is 93.4 cm³/mol. The standard InChI is InChI=1S/C18H14ClN3O3/c19-15-3-1-2-13(10-15)6-9-17(23)21-22-18(24)12-25-16-7-4-14(11-20)5-8-16/h1-10H,12H2,(H,21,23)(H,22,24)/b9-6+. The molecule has 0 aliphatic rings. The number of hydrogen-bond donors (Lipinski definition) is 2. The summed E-state index contributed by atoms with van der Waals surface area (Å²) in [6.45, 7) is -0.274. The van der Waals surface area contributed by atoms with Gasteiger partial charge in [0, 0.05) is 11.1 Å². The minimum atomic E-state index is -0.520. The molecule has 0 unspecified atom stereocenters. The van der Waals surface area contributed by atoms with E-state index in [-0.39, 0.29) is 6.61 Å². The number of rotatable bonds is 5. The molecule has 0 saturated heterocycles. The van der Waals surface area contributed by atoms with E-state index < -0.39 is 11.8 Å². The molecule has 0 radical (unpaired) electrons. The first-order valence-electron chi connectivity index (χ1n) is 7.22. The van der Waals surface area contributed by atoms with Crippen LogP contribution in [0, 0.1) is 11.3 Å². The van der Waals surface area contributed by atoms with Gasteiger partial charge in [-0.05, 0) is 48.0 Å². The van der Waals surface area contributed by atoms with Crippen LogP contribution in [-0.2, 0) is 9.59 Å². The van der Waals surface area contributed by atoms with Gasteiger partial charge < -0.3 is 4.74 Å². The van der Waals surface area contributed by atoms with E-state index in [4.69, 9.17) is 21.6 Å². The van der Waals surface area contributed by atoms with Crippen LogP contribution in [0.15, 0.2) is 54.6 Å². The summed E-state index contributed by atoms with van der Waals surface area (Å²) in [7, 11) is 0. The molecular weight excluding hydrogens is 342 g/mol. The lowest BCUT2D eigenvalue weighted by molar-refractivity contribution is -0.128. The largest absolute Gasteiger partial charge is 0.484 e. The summed E-state index contributed by atoms with van der Waals surface area (Å²) in [6, 6.07) is 15.3. The summed E-state index contributed by atoms with van der Waals surface area (Å²) in [5, 5.41) is 9.26. The number of halogens is 1. The van der Waals surface area contributed by atoms with Crippen molar-refractivity contribution in [2.24, 2.45) is 0 Å². The molecule has 0 aliphatic carbocycles. The normalized spacial score (nSPS) is 10.1. The molecule has 0 spiro atoms. The summed E-state index contributed by atoms with van der Waals surface area (Å²) in [5.41, 5.74) is 5.73. The lowest BCUT2D eigenvalue weighted by atomic mass is 10.2. The fourth-order valence-electron chi connectivity index (χ4n) is 1.77. The first kappa shape index (κ1) is 18.0. The van der Waals surface area contributed by atoms with Crippen LogP contribution in [0.3, 0.4) is 0 Å². The second-order valence-corrected chi connectivity index (χ2v) is 5.29. The van der Waals surface area contributed by atoms with E-state index in [1.54, 1.807) is 54.6 Å². The Bertz CT molecular complexity index is 826. The van der Waals surface area contributed by atoms with Gasteiger partial charge >= 0.3 is 0 Å². The monoisotopic (exact) mass is 355 g/mol. The van der Waals surface area contributed by atoms with Crippen molar-refractivity contribution in [3.05, 3.63) is 70.8 Å². The van der Waals surface area contributed by atoms with Gasteiger partial charge in [0.05, 0.1) is 11.6 Å². The van der Waals surface area contributed by atoms with Crippen molar-refractivity contribution in [3.63, 3.8) is 0 Å². The number of carbonyl (C=O) groups is 2. The first-order chi connectivity index (χ1) is 12.1. The molecule has 0 bridgehead atoms. The topological polar surface area (TPSA) is 91.2 Å². The summed E-state index contributed by atoms with van der Waals surface area (Å²) in [5.74, 6) is -0.568. The van der Waals surface area contributed by atoms with Crippen LogP contribution < -0.4 is 15.6 Å². The molecule has 0 heterocycles. The van der Waals surface area contributed by atoms with Crippen LogP contribution >= 0.6 is 11.6 Å². The molecule has 0 atom stereocenters. The maximum absolute atomic E-state index is 11.6. The molecule has 2 N–H and O–H groups in total. The summed E-state index contributed by atoms with van der Waals surface area (Å²) in [6.07, 6.45) is 2.84. The van der Waals surface area contributed by atoms with Crippen molar-refractivity contribution in [1.29, 1.82) is 5.26 Å². The molecular formula is C18H14ClN3O3. The first-order valence-corrected chi connectivity index (χ1v) is 7.60. The Kier molecular flexibility index (Phi) is 6.57. The van der Waals surface area contributed by atoms with Gasteiger partial charge in [-0.1, -0.05) is 23.7 Å². The quantitative estimate of drug-likeness (QED) is 0.636. The van der Waals surface area contributed by atoms with Crippen molar-refractivity contribution >= 4 is 29.5 Å². The van der Waals surface area contributed by atoms with Gasteiger partial charge in [0.25, 0.3) is 11.8 Å². The Labute approximate surface area is 149 Å². The van der Waals surface area contributed by atoms with Crippen molar-refractivity contribution in [2.75, 3.05) is 6.61 Å². The zero-order chi connectivity index (χ0) is 18.1. The predicted octanol–water partition coefficient (Wildman–Crippen LogP) is 2.45. The molecule has 0 aromatic heterocycles. The van der Waals surface area contributed by atoms with E-state index in [1.807, 2.05) is 6.07 Å². The Morgan fingerprint density at radius 1 is 1.16 bits per heavy atom. The minimum Gasteiger partial charge on any atom is -0.484 e. The van der Waals surface area contributed by atoms with Gasteiger partial charge in [-0.25, -0.2) is 0 Å². The zero-order valence-electron chi connectivity index (χ0n) is 13.0. The second kappa shape index (κ2) is 9.11. The molecule has 7 heteroatoms. The van der Waals surface area contributed by atoms with Crippen molar-refractivity contribution in [2.45, 2.75) is 0 Å². The van der Waals surface area contributed by atoms with Gasteiger partial charge in [0.1, 0.15) is 5.75 Å². The highest BCUT2D eigenvalue weighted by atomic mass is 35.5. The molecule has 0 saturated carbocycles. The molecule has 2 aromatic carbocycles. The third-order valence-corrected chi connectivity index (χ3v) is 3.19. The second-order valence-electron chi connectivity index (χ2n) is 4.85. The van der Waals surface area contributed by atoms with Crippen LogP contribution in [0.5, 0.6) is 5.75 Å². The molecule has 25 heavy (non-hydrogen) atoms. The van der Waals surface area contributed by atoms with Gasteiger partial charge in [0.2, 0.25) is 0 Å². The van der Waals surface area contributed by atoms with Crippen LogP contribution in [0.2, 0.25) is 5.02 Å². The Hall–Kier alpha value is -3.30. The number of carbonyl (C=O) groups excluding carboxylic acids is 2. The van der Waals surface area contributed by atoms with Gasteiger partial charge in [0.15, 0.2) is 6.61 Å². The number of nitrogens with one attached hydrogen (secondary N) is 2. The third-order valence-electron chi connectivity index (χ3n) is 2.95. The Balaban J connectivity index is 1.73. The molecule has 2 amide bonds. The lowest BCUT2D eigenvalue weighted by Gasteiger charge is -2.07. The highest BCUT2D eigenvalue weighted by Gasteiger charge is 2.04. The number of nitriles is 1. The fraction of sp³-hybridized carbons (Fsp3) is 0.0556. The highest BCUT2D eigenvalue weighted by molar-refractivity contribution is 6.30. The number of benzene rings is 2. The van der Waals surface area contributed by atoms with Crippen molar-refractivity contribution < 1.29 is 14.3 Å². The van der Waals surface area contributed by atoms with E-state index in [2.05, 4.69) is 10.9 Å². The summed E-state index contributed by atoms with van der Waals surface area (Å²) < 4.78 is 5.24. The summed E-state index contributed by atoms with van der Waals surface area (Å²) in [4.78, 5) is 23.3. The van der Waals surface area contributed by atoms with E-state index in [0.29, 0.717) is 16.3 Å². The van der Waals surface area contributed by atoms with Crippen LogP contribution in [0.25, 0.3) is 6.08 Å². The molecule has 0 fully saturated rings. The molecule has 0 aliphatic heterocycles. The fourth-order valence-corrected chi connectivity index (χ4v) is 1.96. The zero-order valence-corrected chi connectivity index (χ0v) is 13.8. The average molecular weight is 356 g/mol. The Morgan fingerprint density at radius 2 is 1.92 bits per heavy atom. The number of hydrazine groups is 1. The van der Waals surface area contributed by atoms with Crippen LogP contribution in [0.4, 0.5) is 0 Å². The maximum Gasteiger partial charge on any atom is 0.276 e. The Morgan fingerprint density at radius 3 is 2.60 bits per heavy atom. The van der Waals surface area contributed by atoms with Crippen molar-refractivity contribution in [1.82, 2.24) is 10.9 Å². The van der Waals surface area contributed by atoms with E-state index >= 15 is 0 Å². The van der Waals surface area contributed by atoms with E-state index in [9.17, 15) is 9.59 Å².